The second kappa shape index (κ2) is 7.37. The fraction of sp³-hybridized carbons (Fsp3) is 0.263. The minimum absolute atomic E-state index is 0.0667. The maximum absolute atomic E-state index is 12.9. The van der Waals surface area contributed by atoms with Crippen molar-refractivity contribution in [3.8, 4) is 6.07 Å². The number of halogens is 1. The number of hydrogen-bond donors (Lipinski definition) is 2. The van der Waals surface area contributed by atoms with Gasteiger partial charge in [0.1, 0.15) is 11.4 Å². The molecular weight excluding hydrogens is 369 g/mol. The summed E-state index contributed by atoms with van der Waals surface area (Å²) in [5.41, 5.74) is -0.215. The summed E-state index contributed by atoms with van der Waals surface area (Å²) in [5.74, 6) is -0.895. The number of benzene rings is 2. The average molecular weight is 387 g/mol. The lowest BCUT2D eigenvalue weighted by molar-refractivity contribution is 0.0920. The van der Waals surface area contributed by atoms with Crippen molar-refractivity contribution in [2.45, 2.75) is 36.1 Å². The predicted octanol–water partition coefficient (Wildman–Crippen LogP) is 3.19. The third-order valence-electron chi connectivity index (χ3n) is 4.55. The summed E-state index contributed by atoms with van der Waals surface area (Å²) in [6.45, 7) is 0. The fourth-order valence-corrected chi connectivity index (χ4v) is 4.11. The maximum Gasteiger partial charge on any atom is 0.261 e. The molecule has 2 aromatic carbocycles. The zero-order valence-electron chi connectivity index (χ0n) is 14.4. The summed E-state index contributed by atoms with van der Waals surface area (Å²) in [4.78, 5) is 12.3. The van der Waals surface area contributed by atoms with Crippen LogP contribution < -0.4 is 10.0 Å². The van der Waals surface area contributed by atoms with Crippen LogP contribution in [0.25, 0.3) is 0 Å². The molecule has 0 spiro atoms. The van der Waals surface area contributed by atoms with Gasteiger partial charge in [0.25, 0.3) is 15.9 Å². The van der Waals surface area contributed by atoms with Gasteiger partial charge in [-0.2, -0.15) is 5.26 Å². The quantitative estimate of drug-likeness (QED) is 0.823. The Morgan fingerprint density at radius 1 is 1.04 bits per heavy atom. The first-order valence-electron chi connectivity index (χ1n) is 8.46. The molecule has 1 saturated carbocycles. The van der Waals surface area contributed by atoms with Gasteiger partial charge in [-0.3, -0.25) is 9.52 Å². The van der Waals surface area contributed by atoms with E-state index >= 15 is 0 Å². The van der Waals surface area contributed by atoms with E-state index in [2.05, 4.69) is 16.1 Å². The number of amides is 1. The van der Waals surface area contributed by atoms with Crippen LogP contribution in [0.2, 0.25) is 0 Å². The average Bonchev–Trinajstić information content (AvgIpc) is 3.11. The molecule has 0 aliphatic heterocycles. The molecule has 3 rings (SSSR count). The first kappa shape index (κ1) is 18.9. The topological polar surface area (TPSA) is 99.1 Å². The van der Waals surface area contributed by atoms with Crippen LogP contribution in [-0.4, -0.2) is 19.9 Å². The zero-order chi connectivity index (χ0) is 19.5. The van der Waals surface area contributed by atoms with Gasteiger partial charge >= 0.3 is 0 Å². The first-order valence-corrected chi connectivity index (χ1v) is 9.94. The summed E-state index contributed by atoms with van der Waals surface area (Å²) in [6, 6.07) is 12.6. The van der Waals surface area contributed by atoms with Crippen molar-refractivity contribution in [2.75, 3.05) is 4.72 Å². The van der Waals surface area contributed by atoms with Gasteiger partial charge in [-0.1, -0.05) is 0 Å². The molecule has 8 heteroatoms. The third-order valence-corrected chi connectivity index (χ3v) is 5.94. The van der Waals surface area contributed by atoms with E-state index in [1.165, 1.54) is 36.4 Å². The normalized spacial score (nSPS) is 15.7. The first-order chi connectivity index (χ1) is 12.8. The minimum atomic E-state index is -3.86. The lowest BCUT2D eigenvalue weighted by atomic mass is 9.99. The van der Waals surface area contributed by atoms with Crippen LogP contribution in [0, 0.1) is 17.1 Å². The monoisotopic (exact) mass is 387 g/mol. The molecule has 0 bridgehead atoms. The van der Waals surface area contributed by atoms with Crippen molar-refractivity contribution in [3.63, 3.8) is 0 Å². The molecule has 1 fully saturated rings. The van der Waals surface area contributed by atoms with E-state index in [0.717, 1.165) is 25.0 Å². The largest absolute Gasteiger partial charge is 0.334 e. The molecule has 0 aromatic heterocycles. The van der Waals surface area contributed by atoms with Crippen molar-refractivity contribution in [3.05, 3.63) is 59.9 Å². The molecule has 1 aliphatic carbocycles. The Labute approximate surface area is 157 Å². The smallest absolute Gasteiger partial charge is 0.261 e. The zero-order valence-corrected chi connectivity index (χ0v) is 15.2. The van der Waals surface area contributed by atoms with Crippen molar-refractivity contribution >= 4 is 21.6 Å². The van der Waals surface area contributed by atoms with Gasteiger partial charge in [0, 0.05) is 11.3 Å². The number of nitrogens with one attached hydrogen (secondary N) is 2. The molecule has 140 valence electrons. The number of hydrogen-bond acceptors (Lipinski definition) is 4. The van der Waals surface area contributed by atoms with E-state index in [1.54, 1.807) is 0 Å². The number of rotatable bonds is 5. The summed E-state index contributed by atoms with van der Waals surface area (Å²) in [7, 11) is -3.86. The molecule has 27 heavy (non-hydrogen) atoms. The Morgan fingerprint density at radius 3 is 2.19 bits per heavy atom. The van der Waals surface area contributed by atoms with Crippen LogP contribution in [-0.2, 0) is 10.0 Å². The Kier molecular flexibility index (Phi) is 5.15. The van der Waals surface area contributed by atoms with Crippen molar-refractivity contribution in [1.82, 2.24) is 5.32 Å². The molecule has 1 aliphatic rings. The molecule has 1 amide bonds. The summed E-state index contributed by atoms with van der Waals surface area (Å²) >= 11 is 0. The molecular formula is C19H18FN3O3S. The van der Waals surface area contributed by atoms with E-state index in [-0.39, 0.29) is 16.5 Å². The van der Waals surface area contributed by atoms with Gasteiger partial charge in [0.05, 0.1) is 11.0 Å². The Bertz CT molecular complexity index is 974. The lowest BCUT2D eigenvalue weighted by Gasteiger charge is -2.22. The van der Waals surface area contributed by atoms with Crippen molar-refractivity contribution in [1.29, 1.82) is 5.26 Å². The van der Waals surface area contributed by atoms with Crippen LogP contribution in [0.4, 0.5) is 10.1 Å². The second-order valence-corrected chi connectivity index (χ2v) is 8.17. The Hall–Kier alpha value is -2.92. The van der Waals surface area contributed by atoms with Crippen LogP contribution in [0.5, 0.6) is 0 Å². The van der Waals surface area contributed by atoms with E-state index in [0.29, 0.717) is 18.4 Å². The molecule has 0 radical (unpaired) electrons. The second-order valence-electron chi connectivity index (χ2n) is 6.49. The highest BCUT2D eigenvalue weighted by Gasteiger charge is 2.35. The predicted molar refractivity (Wildman–Crippen MR) is 97.9 cm³/mol. The van der Waals surface area contributed by atoms with Crippen molar-refractivity contribution in [2.24, 2.45) is 0 Å². The molecule has 0 saturated heterocycles. The van der Waals surface area contributed by atoms with Crippen LogP contribution in [0.3, 0.4) is 0 Å². The Balaban J connectivity index is 1.71. The molecule has 2 aromatic rings. The van der Waals surface area contributed by atoms with Crippen LogP contribution >= 0.6 is 0 Å². The lowest BCUT2D eigenvalue weighted by Crippen LogP contribution is -2.45. The van der Waals surface area contributed by atoms with E-state index in [9.17, 15) is 22.9 Å². The van der Waals surface area contributed by atoms with E-state index in [1.807, 2.05) is 0 Å². The highest BCUT2D eigenvalue weighted by atomic mass is 32.2. The number of nitriles is 1. The number of sulfonamides is 1. The highest BCUT2D eigenvalue weighted by molar-refractivity contribution is 7.92. The molecule has 0 unspecified atom stereocenters. The number of anilines is 1. The SMILES string of the molecule is N#CC1(NC(=O)c2ccc(NS(=O)(=O)c3ccc(F)cc3)cc2)CCCC1. The Morgan fingerprint density at radius 2 is 1.63 bits per heavy atom. The molecule has 6 nitrogen and oxygen atoms in total. The van der Waals surface area contributed by atoms with E-state index in [4.69, 9.17) is 0 Å². The molecule has 2 N–H and O–H groups in total. The highest BCUT2D eigenvalue weighted by Crippen LogP contribution is 2.29. The standard InChI is InChI=1S/C19H18FN3O3S/c20-15-5-9-17(10-6-15)27(25,26)23-16-7-3-14(4-8-16)18(24)22-19(13-21)11-1-2-12-19/h3-10,23H,1-2,11-12H2,(H,22,24). The van der Waals surface area contributed by atoms with Crippen molar-refractivity contribution < 1.29 is 17.6 Å². The van der Waals surface area contributed by atoms with Gasteiger partial charge in [0.15, 0.2) is 0 Å². The molecule has 0 heterocycles. The number of carbonyl (C=O) groups is 1. The third kappa shape index (κ3) is 4.26. The van der Waals surface area contributed by atoms with Gasteiger partial charge in [0.2, 0.25) is 0 Å². The summed E-state index contributed by atoms with van der Waals surface area (Å²) in [5, 5.41) is 12.1. The summed E-state index contributed by atoms with van der Waals surface area (Å²) in [6.07, 6.45) is 3.06. The van der Waals surface area contributed by atoms with Crippen LogP contribution in [0.1, 0.15) is 36.0 Å². The fourth-order valence-electron chi connectivity index (χ4n) is 3.05. The maximum atomic E-state index is 12.9. The van der Waals surface area contributed by atoms with Crippen LogP contribution in [0.15, 0.2) is 53.4 Å². The number of carbonyl (C=O) groups excluding carboxylic acids is 1. The van der Waals surface area contributed by atoms with E-state index < -0.39 is 21.4 Å². The molecule has 0 atom stereocenters. The number of nitrogens with zero attached hydrogens (tertiary/aromatic N) is 1. The van der Waals surface area contributed by atoms with Gasteiger partial charge in [-0.05, 0) is 74.2 Å². The van der Waals surface area contributed by atoms with Gasteiger partial charge < -0.3 is 5.32 Å². The minimum Gasteiger partial charge on any atom is -0.334 e. The van der Waals surface area contributed by atoms with Gasteiger partial charge in [-0.15, -0.1) is 0 Å². The summed E-state index contributed by atoms with van der Waals surface area (Å²) < 4.78 is 39.9. The van der Waals surface area contributed by atoms with Gasteiger partial charge in [-0.25, -0.2) is 12.8 Å².